The summed E-state index contributed by atoms with van der Waals surface area (Å²) in [5.74, 6) is 0.502. The topological polar surface area (TPSA) is 0 Å². The van der Waals surface area contributed by atoms with Gasteiger partial charge >= 0.3 is 0 Å². The number of fused-ring (bicyclic) bond motifs is 3. The van der Waals surface area contributed by atoms with E-state index in [-0.39, 0.29) is 0 Å². The molecule has 0 spiro atoms. The summed E-state index contributed by atoms with van der Waals surface area (Å²) in [6, 6.07) is 30.7. The predicted molar refractivity (Wildman–Crippen MR) is 100 cm³/mol. The van der Waals surface area contributed by atoms with E-state index >= 15 is 0 Å². The van der Waals surface area contributed by atoms with E-state index in [0.717, 1.165) is 6.42 Å². The Morgan fingerprint density at radius 1 is 0.609 bits per heavy atom. The molecule has 0 heterocycles. The highest BCUT2D eigenvalue weighted by atomic mass is 14.2. The Labute approximate surface area is 137 Å². The first-order valence-electron chi connectivity index (χ1n) is 8.27. The van der Waals surface area contributed by atoms with Gasteiger partial charge in [0.15, 0.2) is 0 Å². The van der Waals surface area contributed by atoms with Gasteiger partial charge in [-0.25, -0.2) is 0 Å². The Kier molecular flexibility index (Phi) is 3.59. The Balaban J connectivity index is 1.82. The molecule has 0 amide bonds. The molecule has 4 aromatic carbocycles. The lowest BCUT2D eigenvalue weighted by Gasteiger charge is -2.16. The molecule has 112 valence electrons. The second kappa shape index (κ2) is 5.89. The van der Waals surface area contributed by atoms with E-state index in [1.54, 1.807) is 0 Å². The number of benzene rings is 4. The summed E-state index contributed by atoms with van der Waals surface area (Å²) >= 11 is 0. The van der Waals surface area contributed by atoms with Crippen LogP contribution >= 0.6 is 0 Å². The minimum atomic E-state index is 0.502. The number of hydrogen-bond donors (Lipinski definition) is 0. The average Bonchev–Trinajstić information content (AvgIpc) is 2.62. The van der Waals surface area contributed by atoms with Gasteiger partial charge < -0.3 is 0 Å². The Morgan fingerprint density at radius 2 is 1.35 bits per heavy atom. The molecule has 0 bridgehead atoms. The molecule has 0 N–H and O–H groups in total. The zero-order chi connectivity index (χ0) is 15.6. The van der Waals surface area contributed by atoms with Gasteiger partial charge in [-0.3, -0.25) is 0 Å². The molecule has 0 saturated heterocycles. The van der Waals surface area contributed by atoms with E-state index in [1.807, 2.05) is 0 Å². The molecule has 4 rings (SSSR count). The van der Waals surface area contributed by atoms with Gasteiger partial charge in [-0.15, -0.1) is 0 Å². The molecule has 0 aromatic heterocycles. The van der Waals surface area contributed by atoms with Crippen molar-refractivity contribution in [1.29, 1.82) is 0 Å². The van der Waals surface area contributed by atoms with Gasteiger partial charge in [-0.05, 0) is 45.0 Å². The van der Waals surface area contributed by atoms with Crippen LogP contribution in [0.25, 0.3) is 21.5 Å². The molecule has 23 heavy (non-hydrogen) atoms. The van der Waals surface area contributed by atoms with Crippen LogP contribution in [0.5, 0.6) is 0 Å². The van der Waals surface area contributed by atoms with E-state index in [0.29, 0.717) is 5.92 Å². The third-order valence-electron chi connectivity index (χ3n) is 4.74. The van der Waals surface area contributed by atoms with Gasteiger partial charge in [0.1, 0.15) is 0 Å². The minimum Gasteiger partial charge on any atom is -0.0622 e. The van der Waals surface area contributed by atoms with Crippen LogP contribution in [0, 0.1) is 0 Å². The van der Waals surface area contributed by atoms with Crippen LogP contribution in [-0.4, -0.2) is 0 Å². The summed E-state index contributed by atoms with van der Waals surface area (Å²) in [5, 5.41) is 5.40. The van der Waals surface area contributed by atoms with Crippen molar-refractivity contribution < 1.29 is 0 Å². The molecule has 0 fully saturated rings. The predicted octanol–water partition coefficient (Wildman–Crippen LogP) is 6.34. The normalized spacial score (nSPS) is 12.6. The van der Waals surface area contributed by atoms with Crippen LogP contribution < -0.4 is 0 Å². The maximum atomic E-state index is 2.33. The molecular formula is C23H20. The molecular weight excluding hydrogens is 276 g/mol. The standard InChI is InChI=1S/C23H20/c1-17(16-18-8-3-2-4-9-18)20-12-7-13-22-21-11-6-5-10-19(21)14-15-23(20)22/h2-15,17H,16H2,1H3. The summed E-state index contributed by atoms with van der Waals surface area (Å²) in [6.07, 6.45) is 1.08. The number of rotatable bonds is 3. The van der Waals surface area contributed by atoms with Crippen LogP contribution in [0.2, 0.25) is 0 Å². The lowest BCUT2D eigenvalue weighted by Crippen LogP contribution is -1.99. The molecule has 0 saturated carbocycles. The van der Waals surface area contributed by atoms with E-state index < -0.39 is 0 Å². The third kappa shape index (κ3) is 2.61. The second-order valence-electron chi connectivity index (χ2n) is 6.32. The van der Waals surface area contributed by atoms with Gasteiger partial charge in [0, 0.05) is 0 Å². The second-order valence-corrected chi connectivity index (χ2v) is 6.32. The fourth-order valence-corrected chi connectivity index (χ4v) is 3.57. The summed E-state index contributed by atoms with van der Waals surface area (Å²) in [4.78, 5) is 0. The Hall–Kier alpha value is -2.60. The SMILES string of the molecule is CC(Cc1ccccc1)c1cccc2c1ccc1ccccc12. The Bertz CT molecular complexity index is 951. The van der Waals surface area contributed by atoms with Gasteiger partial charge in [-0.1, -0.05) is 91.9 Å². The fourth-order valence-electron chi connectivity index (χ4n) is 3.57. The van der Waals surface area contributed by atoms with Crippen molar-refractivity contribution in [2.24, 2.45) is 0 Å². The van der Waals surface area contributed by atoms with Crippen molar-refractivity contribution in [3.63, 3.8) is 0 Å². The summed E-state index contributed by atoms with van der Waals surface area (Å²) in [5.41, 5.74) is 2.84. The van der Waals surface area contributed by atoms with E-state index in [9.17, 15) is 0 Å². The van der Waals surface area contributed by atoms with Gasteiger partial charge in [0.25, 0.3) is 0 Å². The summed E-state index contributed by atoms with van der Waals surface area (Å²) < 4.78 is 0. The zero-order valence-corrected chi connectivity index (χ0v) is 13.4. The van der Waals surface area contributed by atoms with Crippen molar-refractivity contribution in [3.05, 3.63) is 96.1 Å². The van der Waals surface area contributed by atoms with Crippen molar-refractivity contribution in [2.45, 2.75) is 19.3 Å². The molecule has 0 heteroatoms. The molecule has 0 aliphatic carbocycles. The van der Waals surface area contributed by atoms with E-state index in [4.69, 9.17) is 0 Å². The smallest absolute Gasteiger partial charge is 0.0103 e. The fraction of sp³-hybridized carbons (Fsp3) is 0.130. The molecule has 0 radical (unpaired) electrons. The van der Waals surface area contributed by atoms with Crippen LogP contribution in [0.15, 0.2) is 84.9 Å². The maximum Gasteiger partial charge on any atom is -0.0103 e. The van der Waals surface area contributed by atoms with Crippen molar-refractivity contribution in [2.75, 3.05) is 0 Å². The molecule has 4 aromatic rings. The first-order valence-corrected chi connectivity index (χ1v) is 8.27. The van der Waals surface area contributed by atoms with Crippen molar-refractivity contribution in [1.82, 2.24) is 0 Å². The van der Waals surface area contributed by atoms with E-state index in [1.165, 1.54) is 32.7 Å². The molecule has 1 unspecified atom stereocenters. The maximum absolute atomic E-state index is 2.33. The van der Waals surface area contributed by atoms with Gasteiger partial charge in [-0.2, -0.15) is 0 Å². The first-order chi connectivity index (χ1) is 11.3. The molecule has 0 aliphatic heterocycles. The monoisotopic (exact) mass is 296 g/mol. The largest absolute Gasteiger partial charge is 0.0622 e. The highest BCUT2D eigenvalue weighted by Gasteiger charge is 2.11. The average molecular weight is 296 g/mol. The molecule has 0 aliphatic rings. The van der Waals surface area contributed by atoms with Crippen molar-refractivity contribution in [3.8, 4) is 0 Å². The first kappa shape index (κ1) is 14.0. The highest BCUT2D eigenvalue weighted by molar-refractivity contribution is 6.08. The Morgan fingerprint density at radius 3 is 2.22 bits per heavy atom. The van der Waals surface area contributed by atoms with Gasteiger partial charge in [0.05, 0.1) is 0 Å². The third-order valence-corrected chi connectivity index (χ3v) is 4.74. The van der Waals surface area contributed by atoms with E-state index in [2.05, 4.69) is 91.9 Å². The molecule has 0 nitrogen and oxygen atoms in total. The quantitative estimate of drug-likeness (QED) is 0.387. The van der Waals surface area contributed by atoms with Crippen LogP contribution in [-0.2, 0) is 6.42 Å². The summed E-state index contributed by atoms with van der Waals surface area (Å²) in [6.45, 7) is 2.33. The van der Waals surface area contributed by atoms with Crippen LogP contribution in [0.1, 0.15) is 24.0 Å². The lowest BCUT2D eigenvalue weighted by atomic mass is 9.88. The van der Waals surface area contributed by atoms with Crippen molar-refractivity contribution >= 4 is 21.5 Å². The van der Waals surface area contributed by atoms with Crippen LogP contribution in [0.4, 0.5) is 0 Å². The number of hydrogen-bond acceptors (Lipinski definition) is 0. The van der Waals surface area contributed by atoms with Crippen LogP contribution in [0.3, 0.4) is 0 Å². The summed E-state index contributed by atoms with van der Waals surface area (Å²) in [7, 11) is 0. The van der Waals surface area contributed by atoms with Gasteiger partial charge in [0.2, 0.25) is 0 Å². The molecule has 1 atom stereocenters. The highest BCUT2D eigenvalue weighted by Crippen LogP contribution is 2.32. The lowest BCUT2D eigenvalue weighted by molar-refractivity contribution is 0.766. The minimum absolute atomic E-state index is 0.502. The zero-order valence-electron chi connectivity index (χ0n) is 13.4.